The van der Waals surface area contributed by atoms with Crippen LogP contribution in [0.4, 0.5) is 4.79 Å². The van der Waals surface area contributed by atoms with Gasteiger partial charge in [0.2, 0.25) is 0 Å². The molecule has 1 rings (SSSR count). The maximum atomic E-state index is 11.9. The first-order valence-corrected chi connectivity index (χ1v) is 5.12. The number of carbonyl (C=O) groups excluding carboxylic acids is 3. The molecule has 2 atom stereocenters. The van der Waals surface area contributed by atoms with Gasteiger partial charge in [0.1, 0.15) is 6.04 Å². The molecular weight excluding hydrogens is 228 g/mol. The van der Waals surface area contributed by atoms with Crippen LogP contribution in [0.2, 0.25) is 0 Å². The first-order valence-electron chi connectivity index (χ1n) is 5.12. The van der Waals surface area contributed by atoms with Crippen LogP contribution in [0.1, 0.15) is 20.8 Å². The van der Waals surface area contributed by atoms with E-state index in [1.807, 2.05) is 0 Å². The molecule has 1 saturated heterocycles. The Morgan fingerprint density at radius 1 is 1.47 bits per heavy atom. The van der Waals surface area contributed by atoms with E-state index in [1.165, 1.54) is 27.9 Å². The van der Waals surface area contributed by atoms with Gasteiger partial charge in [-0.3, -0.25) is 9.59 Å². The number of hydrogen-bond acceptors (Lipinski definition) is 6. The normalized spacial score (nSPS) is 22.1. The molecule has 0 aliphatic carbocycles. The zero-order valence-corrected chi connectivity index (χ0v) is 10.2. The van der Waals surface area contributed by atoms with Gasteiger partial charge >= 0.3 is 12.1 Å². The quantitative estimate of drug-likeness (QED) is 0.680. The average molecular weight is 244 g/mol. The number of imide groups is 1. The number of esters is 1. The standard InChI is InChI=1S/C10H16N2O5/c1-5(6(11)7(13)16-4)12-8(14)10(2,3)17-9(12)15/h5-6H,11H2,1-4H3/t5-,6+/m1/s1. The zero-order valence-electron chi connectivity index (χ0n) is 10.2. The second kappa shape index (κ2) is 4.33. The first kappa shape index (κ1) is 13.4. The third-order valence-corrected chi connectivity index (χ3v) is 2.67. The highest BCUT2D eigenvalue weighted by atomic mass is 16.6. The zero-order chi connectivity index (χ0) is 13.4. The Balaban J connectivity index is 2.90. The van der Waals surface area contributed by atoms with E-state index < -0.39 is 35.7 Å². The number of rotatable bonds is 3. The molecule has 0 aromatic heterocycles. The molecule has 0 aromatic carbocycles. The summed E-state index contributed by atoms with van der Waals surface area (Å²) in [7, 11) is 1.18. The van der Waals surface area contributed by atoms with Crippen molar-refractivity contribution >= 4 is 18.0 Å². The van der Waals surface area contributed by atoms with Gasteiger partial charge in [0, 0.05) is 0 Å². The number of ether oxygens (including phenoxy) is 2. The summed E-state index contributed by atoms with van der Waals surface area (Å²) in [6.45, 7) is 4.44. The molecule has 0 bridgehead atoms. The predicted octanol–water partition coefficient (Wildman–Crippen LogP) is -0.367. The van der Waals surface area contributed by atoms with E-state index in [0.29, 0.717) is 0 Å². The number of carbonyl (C=O) groups is 3. The van der Waals surface area contributed by atoms with Crippen molar-refractivity contribution in [2.45, 2.75) is 38.5 Å². The van der Waals surface area contributed by atoms with Gasteiger partial charge in [-0.25, -0.2) is 9.69 Å². The van der Waals surface area contributed by atoms with Crippen LogP contribution in [0, 0.1) is 0 Å². The summed E-state index contributed by atoms with van der Waals surface area (Å²) in [5.74, 6) is -1.21. The second-order valence-electron chi connectivity index (χ2n) is 4.34. The molecule has 7 nitrogen and oxygen atoms in total. The Kier molecular flexibility index (Phi) is 3.42. The van der Waals surface area contributed by atoms with Crippen molar-refractivity contribution in [1.82, 2.24) is 4.90 Å². The number of cyclic esters (lactones) is 1. The summed E-state index contributed by atoms with van der Waals surface area (Å²) in [4.78, 5) is 35.5. The largest absolute Gasteiger partial charge is 0.468 e. The second-order valence-corrected chi connectivity index (χ2v) is 4.34. The smallest absolute Gasteiger partial charge is 0.418 e. The maximum Gasteiger partial charge on any atom is 0.418 e. The van der Waals surface area contributed by atoms with Gasteiger partial charge in [-0.2, -0.15) is 0 Å². The molecule has 1 aliphatic heterocycles. The number of nitrogens with zero attached hydrogens (tertiary/aromatic N) is 1. The highest BCUT2D eigenvalue weighted by molar-refractivity contribution is 6.03. The molecule has 0 radical (unpaired) electrons. The maximum absolute atomic E-state index is 11.9. The van der Waals surface area contributed by atoms with Gasteiger partial charge in [0.15, 0.2) is 5.60 Å². The average Bonchev–Trinajstić information content (AvgIpc) is 2.45. The van der Waals surface area contributed by atoms with E-state index >= 15 is 0 Å². The van der Waals surface area contributed by atoms with Crippen LogP contribution in [-0.2, 0) is 19.1 Å². The van der Waals surface area contributed by atoms with E-state index in [0.717, 1.165) is 4.90 Å². The van der Waals surface area contributed by atoms with Crippen LogP contribution in [-0.4, -0.2) is 47.7 Å². The SMILES string of the molecule is COC(=O)[C@@H](N)[C@@H](C)N1C(=O)OC(C)(C)C1=O. The summed E-state index contributed by atoms with van der Waals surface area (Å²) < 4.78 is 9.35. The molecule has 2 amide bonds. The van der Waals surface area contributed by atoms with Gasteiger partial charge in [0.05, 0.1) is 13.2 Å². The van der Waals surface area contributed by atoms with Crippen LogP contribution in [0.15, 0.2) is 0 Å². The third-order valence-electron chi connectivity index (χ3n) is 2.67. The minimum Gasteiger partial charge on any atom is -0.468 e. The summed E-state index contributed by atoms with van der Waals surface area (Å²) in [5, 5.41) is 0. The van der Waals surface area contributed by atoms with E-state index in [-0.39, 0.29) is 0 Å². The van der Waals surface area contributed by atoms with E-state index in [9.17, 15) is 14.4 Å². The van der Waals surface area contributed by atoms with Crippen molar-refractivity contribution in [2.75, 3.05) is 7.11 Å². The minimum atomic E-state index is -1.22. The van der Waals surface area contributed by atoms with Crippen LogP contribution in [0.3, 0.4) is 0 Å². The highest BCUT2D eigenvalue weighted by Crippen LogP contribution is 2.26. The van der Waals surface area contributed by atoms with Crippen LogP contribution in [0.25, 0.3) is 0 Å². The van der Waals surface area contributed by atoms with Gasteiger partial charge in [-0.15, -0.1) is 0 Å². The fourth-order valence-corrected chi connectivity index (χ4v) is 1.53. The Bertz CT molecular complexity index is 366. The van der Waals surface area contributed by atoms with Gasteiger partial charge in [-0.1, -0.05) is 0 Å². The summed E-state index contributed by atoms with van der Waals surface area (Å²) in [5.41, 5.74) is 4.37. The fourth-order valence-electron chi connectivity index (χ4n) is 1.53. The van der Waals surface area contributed by atoms with E-state index in [2.05, 4.69) is 4.74 Å². The van der Waals surface area contributed by atoms with Gasteiger partial charge in [0.25, 0.3) is 5.91 Å². The molecule has 96 valence electrons. The van der Waals surface area contributed by atoms with Gasteiger partial charge in [-0.05, 0) is 20.8 Å². The highest BCUT2D eigenvalue weighted by Gasteiger charge is 2.50. The summed E-state index contributed by atoms with van der Waals surface area (Å²) in [6, 6.07) is -1.91. The molecule has 0 saturated carbocycles. The Morgan fingerprint density at radius 2 is 2.00 bits per heavy atom. The van der Waals surface area contributed by atoms with Crippen molar-refractivity contribution in [1.29, 1.82) is 0 Å². The lowest BCUT2D eigenvalue weighted by molar-refractivity contribution is -0.144. The van der Waals surface area contributed by atoms with Crippen LogP contribution < -0.4 is 5.73 Å². The summed E-state index contributed by atoms with van der Waals surface area (Å²) in [6.07, 6.45) is -0.799. The van der Waals surface area contributed by atoms with Crippen molar-refractivity contribution in [2.24, 2.45) is 5.73 Å². The molecule has 0 unspecified atom stereocenters. The molecule has 17 heavy (non-hydrogen) atoms. The van der Waals surface area contributed by atoms with E-state index in [4.69, 9.17) is 10.5 Å². The Morgan fingerprint density at radius 3 is 2.35 bits per heavy atom. The third kappa shape index (κ3) is 2.23. The lowest BCUT2D eigenvalue weighted by Crippen LogP contribution is -2.53. The molecule has 0 spiro atoms. The predicted molar refractivity (Wildman–Crippen MR) is 56.9 cm³/mol. The number of amides is 2. The first-order chi connectivity index (χ1) is 7.72. The number of methoxy groups -OCH3 is 1. The Labute approximate surface area is 98.8 Å². The molecule has 1 aliphatic rings. The van der Waals surface area contributed by atoms with E-state index in [1.54, 1.807) is 0 Å². The minimum absolute atomic E-state index is 0.519. The van der Waals surface area contributed by atoms with Crippen LogP contribution in [0.5, 0.6) is 0 Å². The van der Waals surface area contributed by atoms with Crippen LogP contribution >= 0.6 is 0 Å². The number of hydrogen-bond donors (Lipinski definition) is 1. The van der Waals surface area contributed by atoms with Crippen molar-refractivity contribution in [3.05, 3.63) is 0 Å². The molecule has 1 fully saturated rings. The number of nitrogens with two attached hydrogens (primary N) is 1. The summed E-state index contributed by atoms with van der Waals surface area (Å²) >= 11 is 0. The molecule has 7 heteroatoms. The Hall–Kier alpha value is -1.63. The van der Waals surface area contributed by atoms with Crippen molar-refractivity contribution in [3.8, 4) is 0 Å². The van der Waals surface area contributed by atoms with Crippen molar-refractivity contribution < 1.29 is 23.9 Å². The lowest BCUT2D eigenvalue weighted by atomic mass is 10.1. The molecule has 2 N–H and O–H groups in total. The molecule has 0 aromatic rings. The molecule has 1 heterocycles. The topological polar surface area (TPSA) is 98.9 Å². The lowest BCUT2D eigenvalue weighted by Gasteiger charge is -2.24. The fraction of sp³-hybridized carbons (Fsp3) is 0.700. The van der Waals surface area contributed by atoms with Crippen molar-refractivity contribution in [3.63, 3.8) is 0 Å². The molecular formula is C10H16N2O5. The van der Waals surface area contributed by atoms with Gasteiger partial charge < -0.3 is 15.2 Å². The monoisotopic (exact) mass is 244 g/mol.